The van der Waals surface area contributed by atoms with Crippen LogP contribution in [0.2, 0.25) is 0 Å². The Labute approximate surface area is 155 Å². The van der Waals surface area contributed by atoms with E-state index in [0.29, 0.717) is 17.8 Å². The summed E-state index contributed by atoms with van der Waals surface area (Å²) in [4.78, 5) is 12.5. The van der Waals surface area contributed by atoms with E-state index < -0.39 is 40.5 Å². The van der Waals surface area contributed by atoms with Crippen molar-refractivity contribution in [1.29, 1.82) is 0 Å². The summed E-state index contributed by atoms with van der Waals surface area (Å²) >= 11 is 0. The third-order valence-corrected chi connectivity index (χ3v) is 7.01. The fraction of sp³-hybridized carbons (Fsp3) is 0.650. The van der Waals surface area contributed by atoms with E-state index in [1.54, 1.807) is 0 Å². The number of methoxy groups -OCH3 is 1. The van der Waals surface area contributed by atoms with Crippen LogP contribution in [0.1, 0.15) is 55.8 Å². The van der Waals surface area contributed by atoms with Crippen LogP contribution in [0.4, 0.5) is 17.6 Å². The van der Waals surface area contributed by atoms with Crippen molar-refractivity contribution in [2.75, 3.05) is 7.11 Å². The first kappa shape index (κ1) is 18.6. The van der Waals surface area contributed by atoms with E-state index in [2.05, 4.69) is 10.1 Å². The second kappa shape index (κ2) is 6.38. The van der Waals surface area contributed by atoms with Gasteiger partial charge in [0, 0.05) is 6.04 Å². The molecule has 0 saturated heterocycles. The molecular weight excluding hydrogens is 362 g/mol. The Balaban J connectivity index is 1.60. The van der Waals surface area contributed by atoms with E-state index in [9.17, 15) is 22.4 Å². The zero-order chi connectivity index (χ0) is 19.5. The first-order valence-corrected chi connectivity index (χ1v) is 9.46. The van der Waals surface area contributed by atoms with Crippen LogP contribution >= 0.6 is 0 Å². The van der Waals surface area contributed by atoms with Crippen molar-refractivity contribution < 1.29 is 27.1 Å². The smallest absolute Gasteiger partial charge is 0.257 e. The van der Waals surface area contributed by atoms with Crippen molar-refractivity contribution in [2.45, 2.75) is 51.5 Å². The molecule has 1 aromatic carbocycles. The number of amides is 1. The molecule has 1 amide bonds. The summed E-state index contributed by atoms with van der Waals surface area (Å²) in [5.41, 5.74) is -1.33. The highest BCUT2D eigenvalue weighted by Gasteiger charge is 2.53. The molecule has 0 aromatic heterocycles. The summed E-state index contributed by atoms with van der Waals surface area (Å²) in [6, 6.07) is -0.328. The standard InChI is InChI=1S/C20H23F4NO2/c1-9(20-6-10-3-11(7-20)5-12(4-10)8-20)25-19(26)13-14(21)16(23)18(27-2)17(24)15(13)22/h9-12H,3-8H2,1-2H3,(H,25,26)/t9-,10?,11?,12?,20?/m1/s1. The van der Waals surface area contributed by atoms with Crippen LogP contribution in [0.15, 0.2) is 0 Å². The molecule has 4 aliphatic carbocycles. The van der Waals surface area contributed by atoms with Gasteiger partial charge in [-0.1, -0.05) is 0 Å². The number of benzene rings is 1. The quantitative estimate of drug-likeness (QED) is 0.608. The number of ether oxygens (including phenoxy) is 1. The molecule has 27 heavy (non-hydrogen) atoms. The van der Waals surface area contributed by atoms with Crippen LogP contribution in [0, 0.1) is 46.4 Å². The van der Waals surface area contributed by atoms with Gasteiger partial charge in [-0.2, -0.15) is 8.78 Å². The zero-order valence-corrected chi connectivity index (χ0v) is 15.4. The van der Waals surface area contributed by atoms with Crippen molar-refractivity contribution in [3.8, 4) is 5.75 Å². The Morgan fingerprint density at radius 1 is 0.963 bits per heavy atom. The number of hydrogen-bond acceptors (Lipinski definition) is 2. The largest absolute Gasteiger partial charge is 0.491 e. The normalized spacial score (nSPS) is 32.4. The van der Waals surface area contributed by atoms with Crippen LogP contribution in [0.5, 0.6) is 5.75 Å². The lowest BCUT2D eigenvalue weighted by molar-refractivity contribution is -0.0688. The Kier molecular flexibility index (Phi) is 4.39. The van der Waals surface area contributed by atoms with Crippen molar-refractivity contribution in [1.82, 2.24) is 5.32 Å². The predicted molar refractivity (Wildman–Crippen MR) is 90.4 cm³/mol. The second-order valence-corrected chi connectivity index (χ2v) is 8.64. The lowest BCUT2D eigenvalue weighted by Crippen LogP contribution is -2.56. The van der Waals surface area contributed by atoms with E-state index in [1.807, 2.05) is 6.92 Å². The third-order valence-electron chi connectivity index (χ3n) is 7.01. The molecule has 4 aliphatic rings. The van der Waals surface area contributed by atoms with Gasteiger partial charge in [0.15, 0.2) is 17.4 Å². The van der Waals surface area contributed by atoms with Gasteiger partial charge < -0.3 is 10.1 Å². The lowest BCUT2D eigenvalue weighted by Gasteiger charge is -2.59. The molecule has 4 fully saturated rings. The van der Waals surface area contributed by atoms with Crippen molar-refractivity contribution in [3.63, 3.8) is 0 Å². The number of carbonyl (C=O) groups excluding carboxylic acids is 1. The fourth-order valence-corrected chi connectivity index (χ4v) is 6.12. The molecule has 4 saturated carbocycles. The Bertz CT molecular complexity index is 730. The van der Waals surface area contributed by atoms with Gasteiger partial charge in [-0.05, 0) is 68.6 Å². The summed E-state index contributed by atoms with van der Waals surface area (Å²) in [7, 11) is 0.898. The van der Waals surface area contributed by atoms with E-state index in [-0.39, 0.29) is 11.5 Å². The topological polar surface area (TPSA) is 38.3 Å². The first-order valence-electron chi connectivity index (χ1n) is 9.46. The minimum Gasteiger partial charge on any atom is -0.491 e. The Morgan fingerprint density at radius 2 is 1.41 bits per heavy atom. The molecule has 7 heteroatoms. The van der Waals surface area contributed by atoms with Gasteiger partial charge in [0.25, 0.3) is 5.91 Å². The van der Waals surface area contributed by atoms with Gasteiger partial charge in [-0.25, -0.2) is 8.78 Å². The predicted octanol–water partition coefficient (Wildman–Crippen LogP) is 4.59. The van der Waals surface area contributed by atoms with E-state index in [0.717, 1.165) is 26.4 Å². The maximum atomic E-state index is 14.2. The molecule has 4 bridgehead atoms. The minimum atomic E-state index is -1.74. The van der Waals surface area contributed by atoms with E-state index in [1.165, 1.54) is 19.3 Å². The van der Waals surface area contributed by atoms with Crippen LogP contribution in [0.25, 0.3) is 0 Å². The zero-order valence-electron chi connectivity index (χ0n) is 15.4. The average molecular weight is 385 g/mol. The van der Waals surface area contributed by atoms with Crippen LogP contribution < -0.4 is 10.1 Å². The number of carbonyl (C=O) groups is 1. The fourth-order valence-electron chi connectivity index (χ4n) is 6.12. The number of halogens is 4. The maximum absolute atomic E-state index is 14.2. The van der Waals surface area contributed by atoms with E-state index >= 15 is 0 Å². The van der Waals surface area contributed by atoms with Gasteiger partial charge in [-0.15, -0.1) is 0 Å². The first-order chi connectivity index (χ1) is 12.8. The molecule has 0 unspecified atom stereocenters. The van der Waals surface area contributed by atoms with Gasteiger partial charge in [-0.3, -0.25) is 4.79 Å². The summed E-state index contributed by atoms with van der Waals surface area (Å²) in [5, 5.41) is 2.63. The maximum Gasteiger partial charge on any atom is 0.257 e. The highest BCUT2D eigenvalue weighted by atomic mass is 19.2. The van der Waals surface area contributed by atoms with Crippen molar-refractivity contribution in [2.24, 2.45) is 23.2 Å². The van der Waals surface area contributed by atoms with Crippen LogP contribution in [-0.4, -0.2) is 19.1 Å². The lowest BCUT2D eigenvalue weighted by atomic mass is 9.48. The Morgan fingerprint density at radius 3 is 1.81 bits per heavy atom. The summed E-state index contributed by atoms with van der Waals surface area (Å²) in [6.45, 7) is 1.83. The summed E-state index contributed by atoms with van der Waals surface area (Å²) in [5.74, 6) is -7.26. The van der Waals surface area contributed by atoms with Crippen molar-refractivity contribution >= 4 is 5.91 Å². The molecule has 0 aliphatic heterocycles. The molecular formula is C20H23F4NO2. The second-order valence-electron chi connectivity index (χ2n) is 8.64. The minimum absolute atomic E-state index is 0.0963. The molecule has 148 valence electrons. The Hall–Kier alpha value is -1.79. The molecule has 0 radical (unpaired) electrons. The molecule has 0 spiro atoms. The molecule has 1 aromatic rings. The SMILES string of the molecule is COc1c(F)c(F)c(C(=O)N[C@H](C)C23CC4CC(CC(C4)C2)C3)c(F)c1F. The van der Waals surface area contributed by atoms with Gasteiger partial charge >= 0.3 is 0 Å². The number of rotatable bonds is 4. The van der Waals surface area contributed by atoms with Gasteiger partial charge in [0.05, 0.1) is 7.11 Å². The van der Waals surface area contributed by atoms with Gasteiger partial charge in [0.1, 0.15) is 5.56 Å². The molecule has 3 nitrogen and oxygen atoms in total. The molecule has 5 rings (SSSR count). The summed E-state index contributed by atoms with van der Waals surface area (Å²) < 4.78 is 60.7. The van der Waals surface area contributed by atoms with E-state index in [4.69, 9.17) is 0 Å². The highest BCUT2D eigenvalue weighted by molar-refractivity contribution is 5.95. The average Bonchev–Trinajstić information content (AvgIpc) is 2.59. The number of hydrogen-bond donors (Lipinski definition) is 1. The van der Waals surface area contributed by atoms with Crippen LogP contribution in [-0.2, 0) is 0 Å². The molecule has 0 heterocycles. The molecule has 1 N–H and O–H groups in total. The highest BCUT2D eigenvalue weighted by Crippen LogP contribution is 2.61. The monoisotopic (exact) mass is 385 g/mol. The third kappa shape index (κ3) is 2.81. The van der Waals surface area contributed by atoms with Crippen LogP contribution in [0.3, 0.4) is 0 Å². The molecule has 1 atom stereocenters. The van der Waals surface area contributed by atoms with Crippen molar-refractivity contribution in [3.05, 3.63) is 28.8 Å². The summed E-state index contributed by atoms with van der Waals surface area (Å²) in [6.07, 6.45) is 6.61. The van der Waals surface area contributed by atoms with Gasteiger partial charge in [0.2, 0.25) is 11.6 Å². The number of nitrogens with one attached hydrogen (secondary N) is 1.